The van der Waals surface area contributed by atoms with Crippen LogP contribution in [0, 0.1) is 6.92 Å². The molecule has 2 heteroatoms. The minimum Gasteiger partial charge on any atom is -0.352 e. The Labute approximate surface area is 105 Å². The van der Waals surface area contributed by atoms with Gasteiger partial charge in [-0.3, -0.25) is 0 Å². The lowest BCUT2D eigenvalue weighted by Crippen LogP contribution is -2.16. The summed E-state index contributed by atoms with van der Waals surface area (Å²) in [5.41, 5.74) is 3.91. The van der Waals surface area contributed by atoms with Crippen molar-refractivity contribution < 1.29 is 9.47 Å². The molecule has 2 nitrogen and oxygen atoms in total. The van der Waals surface area contributed by atoms with Gasteiger partial charge in [-0.2, -0.15) is 0 Å². The van der Waals surface area contributed by atoms with Gasteiger partial charge >= 0.3 is 0 Å². The number of rotatable bonds is 5. The summed E-state index contributed by atoms with van der Waals surface area (Å²) in [7, 11) is 3.33. The zero-order valence-electron chi connectivity index (χ0n) is 11.8. The summed E-state index contributed by atoms with van der Waals surface area (Å²) in [4.78, 5) is 0. The number of hydrogen-bond donors (Lipinski definition) is 0. The second kappa shape index (κ2) is 5.65. The fourth-order valence-corrected chi connectivity index (χ4v) is 1.92. The van der Waals surface area contributed by atoms with Gasteiger partial charge in [-0.1, -0.05) is 39.0 Å². The van der Waals surface area contributed by atoms with Crippen molar-refractivity contribution in [2.45, 2.75) is 45.8 Å². The summed E-state index contributed by atoms with van der Waals surface area (Å²) < 4.78 is 10.6. The highest BCUT2D eigenvalue weighted by atomic mass is 16.7. The fraction of sp³-hybridized carbons (Fsp3) is 0.600. The normalized spacial score (nSPS) is 12.2. The maximum absolute atomic E-state index is 5.30. The lowest BCUT2D eigenvalue weighted by Gasteiger charge is -2.25. The SMILES string of the molecule is CCC(C)(C)c1ccc(C(OC)OC)c(C)c1. The van der Waals surface area contributed by atoms with Gasteiger partial charge in [-0.25, -0.2) is 0 Å². The van der Waals surface area contributed by atoms with Crippen LogP contribution in [0.3, 0.4) is 0 Å². The molecule has 0 spiro atoms. The van der Waals surface area contributed by atoms with E-state index in [9.17, 15) is 0 Å². The third kappa shape index (κ3) is 3.08. The summed E-state index contributed by atoms with van der Waals surface area (Å²) >= 11 is 0. The van der Waals surface area contributed by atoms with Gasteiger partial charge < -0.3 is 9.47 Å². The molecule has 0 unspecified atom stereocenters. The molecule has 0 aliphatic rings. The maximum atomic E-state index is 5.30. The molecule has 0 saturated carbocycles. The highest BCUT2D eigenvalue weighted by Crippen LogP contribution is 2.30. The molecule has 0 amide bonds. The molecule has 0 N–H and O–H groups in total. The van der Waals surface area contributed by atoms with E-state index < -0.39 is 0 Å². The Morgan fingerprint density at radius 3 is 2.18 bits per heavy atom. The van der Waals surface area contributed by atoms with Crippen LogP contribution in [0.5, 0.6) is 0 Å². The number of hydrogen-bond acceptors (Lipinski definition) is 2. The number of benzene rings is 1. The van der Waals surface area contributed by atoms with Crippen molar-refractivity contribution in [3.63, 3.8) is 0 Å². The Hall–Kier alpha value is -0.860. The van der Waals surface area contributed by atoms with Crippen molar-refractivity contribution in [1.82, 2.24) is 0 Å². The summed E-state index contributed by atoms with van der Waals surface area (Å²) in [5.74, 6) is 0. The molecule has 0 heterocycles. The molecule has 96 valence electrons. The predicted molar refractivity (Wildman–Crippen MR) is 71.3 cm³/mol. The fourth-order valence-electron chi connectivity index (χ4n) is 1.92. The van der Waals surface area contributed by atoms with Crippen LogP contribution in [0.2, 0.25) is 0 Å². The third-order valence-corrected chi connectivity index (χ3v) is 3.62. The smallest absolute Gasteiger partial charge is 0.183 e. The lowest BCUT2D eigenvalue weighted by atomic mass is 9.81. The van der Waals surface area contributed by atoms with E-state index in [-0.39, 0.29) is 11.7 Å². The van der Waals surface area contributed by atoms with Crippen molar-refractivity contribution in [1.29, 1.82) is 0 Å². The van der Waals surface area contributed by atoms with Crippen molar-refractivity contribution in [2.75, 3.05) is 14.2 Å². The van der Waals surface area contributed by atoms with Crippen LogP contribution in [-0.4, -0.2) is 14.2 Å². The molecule has 0 aliphatic carbocycles. The molecule has 0 radical (unpaired) electrons. The molecule has 1 aromatic rings. The summed E-state index contributed by atoms with van der Waals surface area (Å²) in [6.07, 6.45) is 0.859. The monoisotopic (exact) mass is 236 g/mol. The zero-order valence-corrected chi connectivity index (χ0v) is 11.8. The van der Waals surface area contributed by atoms with E-state index in [1.807, 2.05) is 0 Å². The molecule has 0 saturated heterocycles. The molecule has 17 heavy (non-hydrogen) atoms. The molecule has 0 fully saturated rings. The van der Waals surface area contributed by atoms with Gasteiger partial charge in [0.1, 0.15) is 0 Å². The summed E-state index contributed by atoms with van der Waals surface area (Å²) in [6.45, 7) is 8.86. The first kappa shape index (κ1) is 14.2. The van der Waals surface area contributed by atoms with Crippen LogP contribution >= 0.6 is 0 Å². The van der Waals surface area contributed by atoms with Crippen molar-refractivity contribution in [3.05, 3.63) is 34.9 Å². The Morgan fingerprint density at radius 2 is 1.76 bits per heavy atom. The van der Waals surface area contributed by atoms with Crippen LogP contribution in [-0.2, 0) is 14.9 Å². The van der Waals surface area contributed by atoms with Gasteiger partial charge in [0.25, 0.3) is 0 Å². The standard InChI is InChI=1S/C15H24O2/c1-7-15(3,4)12-8-9-13(11(2)10-12)14(16-5)17-6/h8-10,14H,7H2,1-6H3. The first-order valence-electron chi connectivity index (χ1n) is 6.13. The molecule has 1 rings (SSSR count). The zero-order chi connectivity index (χ0) is 13.1. The number of methoxy groups -OCH3 is 2. The quantitative estimate of drug-likeness (QED) is 0.720. The Bertz CT molecular complexity index is 365. The molecule has 1 aromatic carbocycles. The molecular formula is C15H24O2. The van der Waals surface area contributed by atoms with E-state index in [0.717, 1.165) is 12.0 Å². The van der Waals surface area contributed by atoms with Crippen LogP contribution in [0.4, 0.5) is 0 Å². The van der Waals surface area contributed by atoms with E-state index in [1.54, 1.807) is 14.2 Å². The molecule has 0 aromatic heterocycles. The van der Waals surface area contributed by atoms with Crippen LogP contribution < -0.4 is 0 Å². The van der Waals surface area contributed by atoms with Gasteiger partial charge in [-0.05, 0) is 29.9 Å². The van der Waals surface area contributed by atoms with Crippen LogP contribution in [0.1, 0.15) is 50.2 Å². The van der Waals surface area contributed by atoms with Gasteiger partial charge in [0.2, 0.25) is 0 Å². The lowest BCUT2D eigenvalue weighted by molar-refractivity contribution is -0.106. The Kier molecular flexibility index (Phi) is 4.72. The highest BCUT2D eigenvalue weighted by Gasteiger charge is 2.20. The largest absolute Gasteiger partial charge is 0.352 e. The first-order valence-corrected chi connectivity index (χ1v) is 6.13. The minimum atomic E-state index is -0.270. The van der Waals surface area contributed by atoms with Crippen molar-refractivity contribution in [2.24, 2.45) is 0 Å². The van der Waals surface area contributed by atoms with Crippen LogP contribution in [0.25, 0.3) is 0 Å². The van der Waals surface area contributed by atoms with Crippen molar-refractivity contribution in [3.8, 4) is 0 Å². The van der Waals surface area contributed by atoms with Gasteiger partial charge in [-0.15, -0.1) is 0 Å². The summed E-state index contributed by atoms with van der Waals surface area (Å²) in [6, 6.07) is 6.53. The van der Waals surface area contributed by atoms with Gasteiger partial charge in [0.15, 0.2) is 6.29 Å². The number of ether oxygens (including phenoxy) is 2. The van der Waals surface area contributed by atoms with E-state index in [2.05, 4.69) is 45.9 Å². The average Bonchev–Trinajstić information content (AvgIpc) is 2.32. The molecule has 0 bridgehead atoms. The molecular weight excluding hydrogens is 212 g/mol. The highest BCUT2D eigenvalue weighted by molar-refractivity contribution is 5.35. The average molecular weight is 236 g/mol. The van der Waals surface area contributed by atoms with Gasteiger partial charge in [0.05, 0.1) is 0 Å². The van der Waals surface area contributed by atoms with Crippen LogP contribution in [0.15, 0.2) is 18.2 Å². The molecule has 0 atom stereocenters. The first-order chi connectivity index (χ1) is 7.96. The second-order valence-electron chi connectivity index (χ2n) is 5.11. The minimum absolute atomic E-state index is 0.221. The second-order valence-corrected chi connectivity index (χ2v) is 5.11. The third-order valence-electron chi connectivity index (χ3n) is 3.62. The molecule has 0 aliphatic heterocycles. The van der Waals surface area contributed by atoms with Crippen molar-refractivity contribution >= 4 is 0 Å². The Balaban J connectivity index is 3.09. The van der Waals surface area contributed by atoms with E-state index in [1.165, 1.54) is 11.1 Å². The number of aryl methyl sites for hydroxylation is 1. The van der Waals surface area contributed by atoms with E-state index >= 15 is 0 Å². The van der Waals surface area contributed by atoms with E-state index in [4.69, 9.17) is 9.47 Å². The summed E-state index contributed by atoms with van der Waals surface area (Å²) in [5, 5.41) is 0. The predicted octanol–water partition coefficient (Wildman–Crippen LogP) is 3.97. The topological polar surface area (TPSA) is 18.5 Å². The van der Waals surface area contributed by atoms with Gasteiger partial charge in [0, 0.05) is 19.8 Å². The van der Waals surface area contributed by atoms with E-state index in [0.29, 0.717) is 0 Å². The maximum Gasteiger partial charge on any atom is 0.183 e. The Morgan fingerprint density at radius 1 is 1.18 bits per heavy atom.